The second-order valence-electron chi connectivity index (χ2n) is 10.1. The molecule has 2 aromatic heterocycles. The van der Waals surface area contributed by atoms with Gasteiger partial charge in [0, 0.05) is 84.7 Å². The third kappa shape index (κ3) is 12.3. The largest absolute Gasteiger partial charge is 3.00 e. The number of rotatable bonds is 4. The summed E-state index contributed by atoms with van der Waals surface area (Å²) < 4.78 is 0. The van der Waals surface area contributed by atoms with Crippen LogP contribution in [0.1, 0.15) is 26.5 Å². The second-order valence-corrected chi connectivity index (χ2v) is 10.1. The van der Waals surface area contributed by atoms with Gasteiger partial charge in [-0.2, -0.15) is 12.1 Å². The van der Waals surface area contributed by atoms with E-state index in [0.717, 1.165) is 50.6 Å². The van der Waals surface area contributed by atoms with E-state index in [9.17, 15) is 0 Å². The Morgan fingerprint density at radius 1 is 0.578 bits per heavy atom. The minimum atomic E-state index is 0. The van der Waals surface area contributed by atoms with E-state index in [4.69, 9.17) is 0 Å². The zero-order chi connectivity index (χ0) is 27.8. The van der Waals surface area contributed by atoms with Crippen molar-refractivity contribution in [1.82, 2.24) is 15.0 Å². The normalized spacial score (nSPS) is 9.67. The summed E-state index contributed by atoms with van der Waals surface area (Å²) in [5, 5.41) is 0. The summed E-state index contributed by atoms with van der Waals surface area (Å²) in [6.07, 6.45) is 3.58. The quantitative estimate of drug-likeness (QED) is 0.132. The minimum absolute atomic E-state index is 0. The van der Waals surface area contributed by atoms with Crippen LogP contribution in [-0.2, 0) is 90.9 Å². The Bertz CT molecular complexity index is 1600. The van der Waals surface area contributed by atoms with E-state index in [1.54, 1.807) is 6.20 Å². The third-order valence-corrected chi connectivity index (χ3v) is 6.04. The molecule has 6 rings (SSSR count). The molecule has 3 nitrogen and oxygen atoms in total. The SMILES string of the molecule is CC(C)(C)c1ccnc(-c2[c-]cccc2)n1.[B].[CH3-].[Ir].[Y+3].[Y].[c-]1ccc(-c2[c-]c(-c3ccccn3)[c-]cc2)[c-]c1-c1[c-]cccc1. The maximum atomic E-state index is 4.57. The molecule has 4 aromatic carbocycles. The van der Waals surface area contributed by atoms with Crippen molar-refractivity contribution in [3.8, 4) is 44.9 Å². The number of aromatic nitrogens is 3. The van der Waals surface area contributed by atoms with Crippen molar-refractivity contribution in [2.75, 3.05) is 0 Å². The molecule has 0 amide bonds. The van der Waals surface area contributed by atoms with Crippen LogP contribution in [0, 0.1) is 43.8 Å². The zero-order valence-corrected chi connectivity index (χ0v) is 33.9. The second kappa shape index (κ2) is 21.0. The van der Waals surface area contributed by atoms with Crippen molar-refractivity contribution in [3.63, 3.8) is 0 Å². The Labute approximate surface area is 335 Å². The molecule has 0 aliphatic carbocycles. The number of nitrogens with zero attached hydrogens (tertiary/aromatic N) is 3. The average molecular weight is 910 g/mol. The first-order valence-electron chi connectivity index (χ1n) is 13.0. The van der Waals surface area contributed by atoms with E-state index in [1.165, 1.54) is 0 Å². The Morgan fingerprint density at radius 3 is 1.71 bits per heavy atom. The number of benzene rings is 4. The Kier molecular flexibility index (Phi) is 20.1. The summed E-state index contributed by atoms with van der Waals surface area (Å²) in [5.41, 5.74) is 7.55. The van der Waals surface area contributed by atoms with E-state index < -0.39 is 0 Å². The van der Waals surface area contributed by atoms with Crippen molar-refractivity contribution in [2.45, 2.75) is 26.2 Å². The number of pyridine rings is 1. The minimum Gasteiger partial charge on any atom is -0.408 e. The molecule has 7 heteroatoms. The predicted octanol–water partition coefficient (Wildman–Crippen LogP) is 8.39. The fourth-order valence-corrected chi connectivity index (χ4v) is 3.94. The van der Waals surface area contributed by atoms with Crippen LogP contribution in [0.2, 0.25) is 0 Å². The molecule has 219 valence electrons. The van der Waals surface area contributed by atoms with Gasteiger partial charge in [0.15, 0.2) is 0 Å². The topological polar surface area (TPSA) is 38.7 Å². The molecule has 45 heavy (non-hydrogen) atoms. The zero-order valence-electron chi connectivity index (χ0n) is 25.8. The van der Waals surface area contributed by atoms with Crippen molar-refractivity contribution in [3.05, 3.63) is 159 Å². The molecule has 0 saturated carbocycles. The van der Waals surface area contributed by atoms with Gasteiger partial charge in [-0.05, 0) is 12.1 Å². The summed E-state index contributed by atoms with van der Waals surface area (Å²) >= 11 is 0. The van der Waals surface area contributed by atoms with Crippen molar-refractivity contribution in [1.29, 1.82) is 0 Å². The summed E-state index contributed by atoms with van der Waals surface area (Å²) in [4.78, 5) is 13.2. The Hall–Kier alpha value is -1.97. The molecule has 0 fully saturated rings. The van der Waals surface area contributed by atoms with Gasteiger partial charge < -0.3 is 41.2 Å². The molecule has 0 N–H and O–H groups in total. The van der Waals surface area contributed by atoms with Crippen LogP contribution in [-0.4, -0.2) is 23.4 Å². The maximum absolute atomic E-state index is 4.57. The number of hydrogen-bond acceptors (Lipinski definition) is 3. The maximum Gasteiger partial charge on any atom is 3.00 e. The molecule has 0 aliphatic heterocycles. The van der Waals surface area contributed by atoms with E-state index in [2.05, 4.69) is 72.1 Å². The van der Waals surface area contributed by atoms with Crippen molar-refractivity contribution in [2.24, 2.45) is 0 Å². The molecule has 0 spiro atoms. The van der Waals surface area contributed by atoms with Crippen LogP contribution in [0.4, 0.5) is 0 Å². The van der Waals surface area contributed by atoms with Crippen molar-refractivity contribution < 1.29 is 85.5 Å². The molecule has 2 heterocycles. The first kappa shape index (κ1) is 43.0. The van der Waals surface area contributed by atoms with Gasteiger partial charge >= 0.3 is 32.7 Å². The van der Waals surface area contributed by atoms with Gasteiger partial charge in [-0.1, -0.05) is 32.5 Å². The van der Waals surface area contributed by atoms with Gasteiger partial charge in [-0.25, -0.2) is 42.0 Å². The summed E-state index contributed by atoms with van der Waals surface area (Å²) in [6.45, 7) is 6.44. The van der Waals surface area contributed by atoms with Gasteiger partial charge in [0.1, 0.15) is 0 Å². The van der Waals surface area contributed by atoms with Gasteiger partial charge in [0.2, 0.25) is 0 Å². The van der Waals surface area contributed by atoms with E-state index in [1.807, 2.05) is 103 Å². The monoisotopic (exact) mass is 910 g/mol. The standard InChI is InChI=1S/C23H12N.C14H15N2.CH3.B.Ir.2Y/c1-2-8-18(9-3-1)19-10-6-11-20(16-19)21-12-7-13-22(17-21)23-14-4-5-15-24-23;1-14(2,3)12-9-10-15-13(16-12)11-7-5-4-6-8-11;;;;;/h1-8,11-12,14-15H;4-7,9-10H,1-3H3;1H3;;;;/q-5;2*-1;;;;+3. The van der Waals surface area contributed by atoms with E-state index >= 15 is 0 Å². The molecular weight excluding hydrogens is 879 g/mol. The Balaban J connectivity index is 0.000000824. The third-order valence-electron chi connectivity index (χ3n) is 6.04. The van der Waals surface area contributed by atoms with Crippen LogP contribution < -0.4 is 0 Å². The van der Waals surface area contributed by atoms with Gasteiger partial charge in [-0.3, -0.25) is 27.7 Å². The molecule has 0 atom stereocenters. The smallest absolute Gasteiger partial charge is 0.408 e. The summed E-state index contributed by atoms with van der Waals surface area (Å²) in [7, 11) is 0. The molecule has 0 aliphatic rings. The first-order valence-corrected chi connectivity index (χ1v) is 13.0. The van der Waals surface area contributed by atoms with E-state index in [0.29, 0.717) is 0 Å². The first-order chi connectivity index (χ1) is 19.5. The van der Waals surface area contributed by atoms with Crippen LogP contribution >= 0.6 is 0 Å². The molecular formula is C38H30BIrN3Y2-4. The van der Waals surface area contributed by atoms with Crippen LogP contribution in [0.25, 0.3) is 44.9 Å². The molecule has 0 bridgehead atoms. The summed E-state index contributed by atoms with van der Waals surface area (Å²) in [5.74, 6) is 0.744. The molecule has 0 unspecified atom stereocenters. The van der Waals surface area contributed by atoms with Crippen LogP contribution in [0.3, 0.4) is 0 Å². The van der Waals surface area contributed by atoms with Crippen LogP contribution in [0.5, 0.6) is 0 Å². The summed E-state index contributed by atoms with van der Waals surface area (Å²) in [6, 6.07) is 50.7. The fraction of sp³-hybridized carbons (Fsp3) is 0.105. The molecule has 5 radical (unpaired) electrons. The predicted molar refractivity (Wildman–Crippen MR) is 172 cm³/mol. The Morgan fingerprint density at radius 2 is 1.16 bits per heavy atom. The van der Waals surface area contributed by atoms with Gasteiger partial charge in [0.25, 0.3) is 0 Å². The van der Waals surface area contributed by atoms with Crippen molar-refractivity contribution >= 4 is 8.41 Å². The van der Waals surface area contributed by atoms with Gasteiger partial charge in [-0.15, -0.1) is 48.0 Å². The molecule has 6 aromatic rings. The fourth-order valence-electron chi connectivity index (χ4n) is 3.94. The van der Waals surface area contributed by atoms with E-state index in [-0.39, 0.29) is 107 Å². The number of hydrogen-bond donors (Lipinski definition) is 0. The van der Waals surface area contributed by atoms with Gasteiger partial charge in [0.05, 0.1) is 5.82 Å². The average Bonchev–Trinajstić information content (AvgIpc) is 3.02. The molecule has 0 saturated heterocycles. The van der Waals surface area contributed by atoms with Crippen LogP contribution in [0.15, 0.2) is 109 Å².